The summed E-state index contributed by atoms with van der Waals surface area (Å²) in [5.41, 5.74) is 0. The first-order chi connectivity index (χ1) is 5.61. The van der Waals surface area contributed by atoms with E-state index < -0.39 is 11.9 Å². The van der Waals surface area contributed by atoms with E-state index in [4.69, 9.17) is 9.84 Å². The SMILES string of the molecule is C=C(CC(CC=O)C(=O)O)OC. The fourth-order valence-electron chi connectivity index (χ4n) is 0.746. The van der Waals surface area contributed by atoms with Gasteiger partial charge < -0.3 is 14.6 Å². The van der Waals surface area contributed by atoms with Gasteiger partial charge in [0.25, 0.3) is 0 Å². The zero-order valence-corrected chi connectivity index (χ0v) is 6.95. The number of carbonyl (C=O) groups excluding carboxylic acids is 1. The maximum atomic E-state index is 10.5. The minimum absolute atomic E-state index is 0.00227. The molecule has 0 bridgehead atoms. The first-order valence-corrected chi connectivity index (χ1v) is 3.50. The molecule has 0 spiro atoms. The number of carbonyl (C=O) groups is 2. The maximum Gasteiger partial charge on any atom is 0.307 e. The molecule has 0 aromatic rings. The molecule has 0 heterocycles. The zero-order chi connectivity index (χ0) is 9.56. The number of methoxy groups -OCH3 is 1. The molecule has 0 fully saturated rings. The summed E-state index contributed by atoms with van der Waals surface area (Å²) in [7, 11) is 1.42. The zero-order valence-electron chi connectivity index (χ0n) is 6.95. The lowest BCUT2D eigenvalue weighted by Crippen LogP contribution is -2.15. The summed E-state index contributed by atoms with van der Waals surface area (Å²) in [5, 5.41) is 8.59. The van der Waals surface area contributed by atoms with Gasteiger partial charge >= 0.3 is 5.97 Å². The third kappa shape index (κ3) is 3.75. The Morgan fingerprint density at radius 1 is 1.75 bits per heavy atom. The second kappa shape index (κ2) is 5.35. The number of hydrogen-bond donors (Lipinski definition) is 1. The van der Waals surface area contributed by atoms with Crippen LogP contribution in [0.1, 0.15) is 12.8 Å². The molecule has 0 aliphatic carbocycles. The molecular weight excluding hydrogens is 160 g/mol. The molecule has 0 aliphatic rings. The highest BCUT2D eigenvalue weighted by Crippen LogP contribution is 2.13. The highest BCUT2D eigenvalue weighted by atomic mass is 16.5. The second-order valence-electron chi connectivity index (χ2n) is 2.38. The number of carboxylic acid groups (broad SMARTS) is 1. The minimum Gasteiger partial charge on any atom is -0.502 e. The smallest absolute Gasteiger partial charge is 0.307 e. The van der Waals surface area contributed by atoms with Gasteiger partial charge in [-0.05, 0) is 0 Å². The van der Waals surface area contributed by atoms with Gasteiger partial charge in [-0.1, -0.05) is 6.58 Å². The van der Waals surface area contributed by atoms with Gasteiger partial charge in [0.05, 0.1) is 18.8 Å². The van der Waals surface area contributed by atoms with Gasteiger partial charge in [-0.15, -0.1) is 0 Å². The fourth-order valence-corrected chi connectivity index (χ4v) is 0.746. The Bertz CT molecular complexity index is 185. The summed E-state index contributed by atoms with van der Waals surface area (Å²) in [4.78, 5) is 20.5. The molecule has 0 aliphatic heterocycles. The lowest BCUT2D eigenvalue weighted by atomic mass is 10.0. The van der Waals surface area contributed by atoms with Crippen LogP contribution in [0.3, 0.4) is 0 Å². The van der Waals surface area contributed by atoms with Crippen molar-refractivity contribution < 1.29 is 19.4 Å². The molecular formula is C8H12O4. The van der Waals surface area contributed by atoms with E-state index in [9.17, 15) is 9.59 Å². The normalized spacial score (nSPS) is 11.8. The van der Waals surface area contributed by atoms with Crippen LogP contribution in [0.5, 0.6) is 0 Å². The van der Waals surface area contributed by atoms with E-state index in [-0.39, 0.29) is 12.8 Å². The number of aliphatic carboxylic acids is 1. The van der Waals surface area contributed by atoms with Crippen LogP contribution in [-0.4, -0.2) is 24.5 Å². The van der Waals surface area contributed by atoms with Crippen molar-refractivity contribution in [3.63, 3.8) is 0 Å². The number of rotatable bonds is 6. The third-order valence-electron chi connectivity index (χ3n) is 1.49. The van der Waals surface area contributed by atoms with Crippen molar-refractivity contribution in [1.82, 2.24) is 0 Å². The average molecular weight is 172 g/mol. The van der Waals surface area contributed by atoms with E-state index in [1.807, 2.05) is 0 Å². The van der Waals surface area contributed by atoms with Crippen molar-refractivity contribution in [3.8, 4) is 0 Å². The van der Waals surface area contributed by atoms with Crippen LogP contribution >= 0.6 is 0 Å². The van der Waals surface area contributed by atoms with Crippen molar-refractivity contribution >= 4 is 12.3 Å². The van der Waals surface area contributed by atoms with Crippen LogP contribution in [0.25, 0.3) is 0 Å². The van der Waals surface area contributed by atoms with Gasteiger partial charge in [-0.2, -0.15) is 0 Å². The number of ether oxygens (including phenoxy) is 1. The predicted octanol–water partition coefficient (Wildman–Crippen LogP) is 0.826. The van der Waals surface area contributed by atoms with Gasteiger partial charge in [0, 0.05) is 12.8 Å². The molecule has 0 radical (unpaired) electrons. The van der Waals surface area contributed by atoms with Crippen molar-refractivity contribution in [3.05, 3.63) is 12.3 Å². The summed E-state index contributed by atoms with van der Waals surface area (Å²) in [6, 6.07) is 0. The molecule has 0 aromatic carbocycles. The largest absolute Gasteiger partial charge is 0.502 e. The molecule has 1 atom stereocenters. The fraction of sp³-hybridized carbons (Fsp3) is 0.500. The highest BCUT2D eigenvalue weighted by Gasteiger charge is 2.17. The lowest BCUT2D eigenvalue weighted by Gasteiger charge is -2.09. The molecule has 4 nitrogen and oxygen atoms in total. The van der Waals surface area contributed by atoms with Crippen molar-refractivity contribution in [2.45, 2.75) is 12.8 Å². The number of hydrogen-bond acceptors (Lipinski definition) is 3. The van der Waals surface area contributed by atoms with E-state index in [2.05, 4.69) is 6.58 Å². The number of allylic oxidation sites excluding steroid dienone is 1. The molecule has 0 saturated carbocycles. The molecule has 1 unspecified atom stereocenters. The van der Waals surface area contributed by atoms with Gasteiger partial charge in [0.1, 0.15) is 6.29 Å². The van der Waals surface area contributed by atoms with Crippen molar-refractivity contribution in [2.24, 2.45) is 5.92 Å². The molecule has 0 saturated heterocycles. The van der Waals surface area contributed by atoms with E-state index in [0.29, 0.717) is 12.0 Å². The van der Waals surface area contributed by atoms with E-state index in [1.165, 1.54) is 7.11 Å². The summed E-state index contributed by atoms with van der Waals surface area (Å²) in [5.74, 6) is -1.33. The van der Waals surface area contributed by atoms with Crippen LogP contribution < -0.4 is 0 Å². The van der Waals surface area contributed by atoms with Crippen LogP contribution in [0.2, 0.25) is 0 Å². The standard InChI is InChI=1S/C8H12O4/c1-6(12-2)5-7(3-4-9)8(10)11/h4,7H,1,3,5H2,2H3,(H,10,11). The van der Waals surface area contributed by atoms with E-state index in [1.54, 1.807) is 0 Å². The Hall–Kier alpha value is -1.32. The topological polar surface area (TPSA) is 63.6 Å². The average Bonchev–Trinajstić information content (AvgIpc) is 2.03. The van der Waals surface area contributed by atoms with E-state index in [0.717, 1.165) is 0 Å². The molecule has 0 aromatic heterocycles. The van der Waals surface area contributed by atoms with Crippen molar-refractivity contribution in [1.29, 1.82) is 0 Å². The molecule has 0 rings (SSSR count). The molecule has 0 amide bonds. The summed E-state index contributed by atoms with van der Waals surface area (Å²) >= 11 is 0. The minimum atomic E-state index is -1.000. The predicted molar refractivity (Wildman–Crippen MR) is 42.6 cm³/mol. The summed E-state index contributed by atoms with van der Waals surface area (Å²) in [6.45, 7) is 3.48. The van der Waals surface area contributed by atoms with Crippen LogP contribution in [0.4, 0.5) is 0 Å². The maximum absolute atomic E-state index is 10.5. The van der Waals surface area contributed by atoms with Crippen LogP contribution in [0, 0.1) is 5.92 Å². The van der Waals surface area contributed by atoms with Crippen molar-refractivity contribution in [2.75, 3.05) is 7.11 Å². The Labute approximate surface area is 70.8 Å². The van der Waals surface area contributed by atoms with Gasteiger partial charge in [0.15, 0.2) is 0 Å². The van der Waals surface area contributed by atoms with Gasteiger partial charge in [0.2, 0.25) is 0 Å². The Morgan fingerprint density at radius 3 is 2.67 bits per heavy atom. The van der Waals surface area contributed by atoms with Gasteiger partial charge in [-0.25, -0.2) is 0 Å². The lowest BCUT2D eigenvalue weighted by molar-refractivity contribution is -0.143. The Morgan fingerprint density at radius 2 is 2.33 bits per heavy atom. The summed E-state index contributed by atoms with van der Waals surface area (Å²) < 4.78 is 4.70. The summed E-state index contributed by atoms with van der Waals surface area (Å²) in [6.07, 6.45) is 0.768. The first kappa shape index (κ1) is 10.7. The monoisotopic (exact) mass is 172 g/mol. The van der Waals surface area contributed by atoms with Crippen LogP contribution in [-0.2, 0) is 14.3 Å². The molecule has 12 heavy (non-hydrogen) atoms. The number of carboxylic acids is 1. The highest BCUT2D eigenvalue weighted by molar-refractivity contribution is 5.73. The van der Waals surface area contributed by atoms with Gasteiger partial charge in [-0.3, -0.25) is 4.79 Å². The third-order valence-corrected chi connectivity index (χ3v) is 1.49. The number of aldehydes is 1. The Balaban J connectivity index is 4.03. The van der Waals surface area contributed by atoms with Crippen LogP contribution in [0.15, 0.2) is 12.3 Å². The quantitative estimate of drug-likeness (QED) is 0.476. The molecule has 4 heteroatoms. The van der Waals surface area contributed by atoms with E-state index >= 15 is 0 Å². The first-order valence-electron chi connectivity index (χ1n) is 3.50. The Kier molecular flexibility index (Phi) is 4.76. The second-order valence-corrected chi connectivity index (χ2v) is 2.38. The molecule has 1 N–H and O–H groups in total. The molecule has 68 valence electrons.